The predicted molar refractivity (Wildman–Crippen MR) is 73.1 cm³/mol. The van der Waals surface area contributed by atoms with Gasteiger partial charge in [0.2, 0.25) is 5.89 Å². The van der Waals surface area contributed by atoms with Crippen molar-refractivity contribution in [3.05, 3.63) is 11.7 Å². The van der Waals surface area contributed by atoms with Gasteiger partial charge in [-0.3, -0.25) is 4.79 Å². The summed E-state index contributed by atoms with van der Waals surface area (Å²) in [4.78, 5) is 15.4. The fraction of sp³-hybridized carbons (Fsp3) is 0.786. The van der Waals surface area contributed by atoms with Gasteiger partial charge in [0.25, 0.3) is 0 Å². The summed E-state index contributed by atoms with van der Waals surface area (Å²) in [5, 5.41) is 16.3. The molecule has 1 aromatic heterocycles. The van der Waals surface area contributed by atoms with Gasteiger partial charge in [-0.1, -0.05) is 24.9 Å². The number of aliphatic carboxylic acids is 1. The van der Waals surface area contributed by atoms with Crippen molar-refractivity contribution in [1.29, 1.82) is 0 Å². The van der Waals surface area contributed by atoms with Crippen LogP contribution in [0, 0.1) is 11.8 Å². The van der Waals surface area contributed by atoms with Crippen LogP contribution in [0.5, 0.6) is 0 Å². The van der Waals surface area contributed by atoms with E-state index in [0.29, 0.717) is 19.0 Å². The molecule has 0 bridgehead atoms. The van der Waals surface area contributed by atoms with Crippen LogP contribution < -0.4 is 5.32 Å². The van der Waals surface area contributed by atoms with E-state index in [-0.39, 0.29) is 11.8 Å². The average molecular weight is 281 g/mol. The van der Waals surface area contributed by atoms with Crippen molar-refractivity contribution in [1.82, 2.24) is 15.5 Å². The fourth-order valence-corrected chi connectivity index (χ4v) is 2.77. The van der Waals surface area contributed by atoms with Crippen LogP contribution in [0.15, 0.2) is 4.52 Å². The third-order valence-electron chi connectivity index (χ3n) is 3.92. The predicted octanol–water partition coefficient (Wildman–Crippen LogP) is 2.00. The maximum Gasteiger partial charge on any atom is 0.306 e. The van der Waals surface area contributed by atoms with E-state index in [1.807, 2.05) is 0 Å². The number of nitrogens with zero attached hydrogens (tertiary/aromatic N) is 2. The SMILES string of the molecule is CCCCc1noc(CNCC2CCCC2C(=O)O)n1. The first-order chi connectivity index (χ1) is 9.70. The first kappa shape index (κ1) is 15.0. The van der Waals surface area contributed by atoms with Crippen LogP contribution in [0.3, 0.4) is 0 Å². The molecule has 2 rings (SSSR count). The van der Waals surface area contributed by atoms with Gasteiger partial charge in [-0.25, -0.2) is 0 Å². The lowest BCUT2D eigenvalue weighted by Crippen LogP contribution is -2.28. The molecule has 112 valence electrons. The molecule has 1 heterocycles. The normalized spacial score (nSPS) is 22.2. The lowest BCUT2D eigenvalue weighted by atomic mass is 9.96. The third-order valence-corrected chi connectivity index (χ3v) is 3.92. The van der Waals surface area contributed by atoms with Crippen molar-refractivity contribution in [2.24, 2.45) is 11.8 Å². The molecule has 0 saturated heterocycles. The molecular formula is C14H23N3O3. The second-order valence-electron chi connectivity index (χ2n) is 5.47. The standard InChI is InChI=1S/C14H23N3O3/c1-2-3-7-12-16-13(20-17-12)9-15-8-10-5-4-6-11(10)14(18)19/h10-11,15H,2-9H2,1H3,(H,18,19). The smallest absolute Gasteiger partial charge is 0.306 e. The van der Waals surface area contributed by atoms with Gasteiger partial charge in [0.15, 0.2) is 5.82 Å². The van der Waals surface area contributed by atoms with Crippen LogP contribution in [-0.4, -0.2) is 27.8 Å². The van der Waals surface area contributed by atoms with E-state index >= 15 is 0 Å². The van der Waals surface area contributed by atoms with Gasteiger partial charge >= 0.3 is 5.97 Å². The van der Waals surface area contributed by atoms with E-state index in [4.69, 9.17) is 9.63 Å². The highest BCUT2D eigenvalue weighted by molar-refractivity contribution is 5.70. The summed E-state index contributed by atoms with van der Waals surface area (Å²) < 4.78 is 5.16. The number of nitrogens with one attached hydrogen (secondary N) is 1. The van der Waals surface area contributed by atoms with E-state index in [9.17, 15) is 4.79 Å². The Balaban J connectivity index is 1.72. The molecule has 0 aliphatic heterocycles. The maximum absolute atomic E-state index is 11.1. The van der Waals surface area contributed by atoms with Crippen molar-refractivity contribution < 1.29 is 14.4 Å². The number of hydrogen-bond acceptors (Lipinski definition) is 5. The average Bonchev–Trinajstić information content (AvgIpc) is 3.05. The number of carboxylic acid groups (broad SMARTS) is 1. The summed E-state index contributed by atoms with van der Waals surface area (Å²) in [7, 11) is 0. The molecule has 0 aromatic carbocycles. The summed E-state index contributed by atoms with van der Waals surface area (Å²) >= 11 is 0. The van der Waals surface area contributed by atoms with E-state index < -0.39 is 5.97 Å². The summed E-state index contributed by atoms with van der Waals surface area (Å²) in [6.07, 6.45) is 5.81. The van der Waals surface area contributed by atoms with Gasteiger partial charge in [-0.05, 0) is 31.7 Å². The topological polar surface area (TPSA) is 88.2 Å². The zero-order chi connectivity index (χ0) is 14.4. The molecule has 2 N–H and O–H groups in total. The second kappa shape index (κ2) is 7.38. The number of rotatable bonds is 8. The van der Waals surface area contributed by atoms with Gasteiger partial charge in [0.1, 0.15) is 0 Å². The van der Waals surface area contributed by atoms with Crippen LogP contribution in [-0.2, 0) is 17.8 Å². The number of carboxylic acids is 1. The Morgan fingerprint density at radius 1 is 1.50 bits per heavy atom. The van der Waals surface area contributed by atoms with E-state index in [1.54, 1.807) is 0 Å². The van der Waals surface area contributed by atoms with Gasteiger partial charge in [0, 0.05) is 6.42 Å². The van der Waals surface area contributed by atoms with E-state index in [2.05, 4.69) is 22.4 Å². The highest BCUT2D eigenvalue weighted by atomic mass is 16.5. The summed E-state index contributed by atoms with van der Waals surface area (Å²) in [5.74, 6) is 0.683. The molecule has 1 fully saturated rings. The Bertz CT molecular complexity index is 433. The number of carbonyl (C=O) groups is 1. The molecule has 1 aliphatic rings. The first-order valence-electron chi connectivity index (χ1n) is 7.45. The van der Waals surface area contributed by atoms with Gasteiger partial charge in [-0.15, -0.1) is 0 Å². The number of hydrogen-bond donors (Lipinski definition) is 2. The Morgan fingerprint density at radius 3 is 3.10 bits per heavy atom. The highest BCUT2D eigenvalue weighted by Crippen LogP contribution is 2.31. The summed E-state index contributed by atoms with van der Waals surface area (Å²) in [6.45, 7) is 3.34. The second-order valence-corrected chi connectivity index (χ2v) is 5.47. The van der Waals surface area contributed by atoms with Crippen molar-refractivity contribution in [3.63, 3.8) is 0 Å². The molecule has 2 unspecified atom stereocenters. The molecule has 1 aliphatic carbocycles. The van der Waals surface area contributed by atoms with Crippen molar-refractivity contribution in [3.8, 4) is 0 Å². The van der Waals surface area contributed by atoms with Crippen LogP contribution in [0.25, 0.3) is 0 Å². The number of unbranched alkanes of at least 4 members (excludes halogenated alkanes) is 1. The van der Waals surface area contributed by atoms with Gasteiger partial charge < -0.3 is 14.9 Å². The lowest BCUT2D eigenvalue weighted by molar-refractivity contribution is -0.142. The summed E-state index contributed by atoms with van der Waals surface area (Å²) in [6, 6.07) is 0. The molecule has 0 amide bonds. The molecule has 0 radical (unpaired) electrons. The molecule has 2 atom stereocenters. The minimum absolute atomic E-state index is 0.203. The maximum atomic E-state index is 11.1. The van der Waals surface area contributed by atoms with Gasteiger partial charge in [-0.2, -0.15) is 4.98 Å². The Labute approximate surface area is 118 Å². The van der Waals surface area contributed by atoms with Crippen molar-refractivity contribution >= 4 is 5.97 Å². The first-order valence-corrected chi connectivity index (χ1v) is 7.45. The van der Waals surface area contributed by atoms with Crippen LogP contribution in [0.2, 0.25) is 0 Å². The monoisotopic (exact) mass is 281 g/mol. The number of aromatic nitrogens is 2. The molecule has 1 aromatic rings. The van der Waals surface area contributed by atoms with Crippen LogP contribution in [0.1, 0.15) is 50.7 Å². The fourth-order valence-electron chi connectivity index (χ4n) is 2.77. The number of aryl methyl sites for hydroxylation is 1. The Hall–Kier alpha value is -1.43. The molecule has 6 nitrogen and oxygen atoms in total. The van der Waals surface area contributed by atoms with E-state index in [0.717, 1.165) is 44.3 Å². The van der Waals surface area contributed by atoms with Crippen molar-refractivity contribution in [2.45, 2.75) is 52.0 Å². The highest BCUT2D eigenvalue weighted by Gasteiger charge is 2.32. The lowest BCUT2D eigenvalue weighted by Gasteiger charge is -2.15. The molecule has 1 saturated carbocycles. The Kier molecular flexibility index (Phi) is 5.52. The zero-order valence-electron chi connectivity index (χ0n) is 12.0. The van der Waals surface area contributed by atoms with Crippen LogP contribution >= 0.6 is 0 Å². The minimum atomic E-state index is -0.672. The molecule has 0 spiro atoms. The molecule has 20 heavy (non-hydrogen) atoms. The minimum Gasteiger partial charge on any atom is -0.481 e. The summed E-state index contributed by atoms with van der Waals surface area (Å²) in [5.41, 5.74) is 0. The zero-order valence-corrected chi connectivity index (χ0v) is 12.0. The van der Waals surface area contributed by atoms with Gasteiger partial charge in [0.05, 0.1) is 12.5 Å². The molecule has 6 heteroatoms. The third kappa shape index (κ3) is 4.03. The Morgan fingerprint density at radius 2 is 2.35 bits per heavy atom. The quantitative estimate of drug-likeness (QED) is 0.757. The van der Waals surface area contributed by atoms with E-state index in [1.165, 1.54) is 0 Å². The largest absolute Gasteiger partial charge is 0.481 e. The molecular weight excluding hydrogens is 258 g/mol. The van der Waals surface area contributed by atoms with Crippen LogP contribution in [0.4, 0.5) is 0 Å². The van der Waals surface area contributed by atoms with Crippen molar-refractivity contribution in [2.75, 3.05) is 6.54 Å².